The van der Waals surface area contributed by atoms with Gasteiger partial charge in [0.05, 0.1) is 0 Å². The predicted octanol–water partition coefficient (Wildman–Crippen LogP) is -1.23. The topological polar surface area (TPSA) is 135 Å². The Morgan fingerprint density at radius 1 is 1.24 bits per heavy atom. The van der Waals surface area contributed by atoms with Crippen LogP contribution in [0.4, 0.5) is 10.6 Å². The number of aromatic nitrogens is 1. The van der Waals surface area contributed by atoms with Crippen molar-refractivity contribution in [3.05, 3.63) is 23.9 Å². The fourth-order valence-corrected chi connectivity index (χ4v) is 1.09. The van der Waals surface area contributed by atoms with Gasteiger partial charge >= 0.3 is 6.03 Å². The largest absolute Gasteiger partial charge is 0.352 e. The van der Waals surface area contributed by atoms with E-state index in [1.807, 2.05) is 0 Å². The number of carbonyl (C=O) groups excluding carboxylic acids is 2. The second-order valence-electron chi connectivity index (χ2n) is 3.10. The lowest BCUT2D eigenvalue weighted by atomic mass is 10.3. The Labute approximate surface area is 97.7 Å². The summed E-state index contributed by atoms with van der Waals surface area (Å²) >= 11 is 0. The maximum absolute atomic E-state index is 11.6. The van der Waals surface area contributed by atoms with Crippen LogP contribution >= 0.6 is 0 Å². The Balaban J connectivity index is 2.43. The van der Waals surface area contributed by atoms with E-state index in [0.29, 0.717) is 5.82 Å². The Morgan fingerprint density at radius 3 is 2.59 bits per heavy atom. The van der Waals surface area contributed by atoms with Gasteiger partial charge in [-0.05, 0) is 12.1 Å². The molecule has 8 nitrogen and oxygen atoms in total. The highest BCUT2D eigenvalue weighted by atomic mass is 16.2. The third-order valence-corrected chi connectivity index (χ3v) is 1.84. The number of nitrogens with one attached hydrogen (secondary N) is 3. The van der Waals surface area contributed by atoms with Crippen molar-refractivity contribution < 1.29 is 9.59 Å². The SMILES string of the molecule is NNc1cccc(C(=O)NCCNC(N)=O)n1. The number of amides is 3. The van der Waals surface area contributed by atoms with Gasteiger partial charge in [0, 0.05) is 13.1 Å². The van der Waals surface area contributed by atoms with Crippen molar-refractivity contribution >= 4 is 17.8 Å². The van der Waals surface area contributed by atoms with Crippen molar-refractivity contribution in [3.63, 3.8) is 0 Å². The Hall–Kier alpha value is -2.35. The first kappa shape index (κ1) is 12.7. The van der Waals surface area contributed by atoms with Crippen LogP contribution in [0.15, 0.2) is 18.2 Å². The molecule has 1 aromatic rings. The zero-order valence-electron chi connectivity index (χ0n) is 9.06. The number of nitrogens with two attached hydrogens (primary N) is 2. The number of hydrazine groups is 1. The normalized spacial score (nSPS) is 9.47. The quantitative estimate of drug-likeness (QED) is 0.248. The molecule has 0 radical (unpaired) electrons. The van der Waals surface area contributed by atoms with Gasteiger partial charge in [-0.2, -0.15) is 0 Å². The van der Waals surface area contributed by atoms with Crippen molar-refractivity contribution in [3.8, 4) is 0 Å². The van der Waals surface area contributed by atoms with E-state index in [1.165, 1.54) is 0 Å². The fraction of sp³-hybridized carbons (Fsp3) is 0.222. The van der Waals surface area contributed by atoms with E-state index in [9.17, 15) is 9.59 Å². The molecule has 92 valence electrons. The summed E-state index contributed by atoms with van der Waals surface area (Å²) < 4.78 is 0. The van der Waals surface area contributed by atoms with Crippen LogP contribution in [0.5, 0.6) is 0 Å². The molecule has 1 rings (SSSR count). The van der Waals surface area contributed by atoms with Crippen LogP contribution in [0.3, 0.4) is 0 Å². The lowest BCUT2D eigenvalue weighted by Crippen LogP contribution is -2.37. The molecular weight excluding hydrogens is 224 g/mol. The summed E-state index contributed by atoms with van der Waals surface area (Å²) in [4.78, 5) is 25.9. The number of primary amides is 1. The minimum atomic E-state index is -0.633. The number of pyridine rings is 1. The van der Waals surface area contributed by atoms with Gasteiger partial charge in [-0.15, -0.1) is 0 Å². The van der Waals surface area contributed by atoms with Gasteiger partial charge in [0.15, 0.2) is 0 Å². The zero-order valence-corrected chi connectivity index (χ0v) is 9.06. The molecule has 0 unspecified atom stereocenters. The minimum Gasteiger partial charge on any atom is -0.352 e. The van der Waals surface area contributed by atoms with E-state index in [0.717, 1.165) is 0 Å². The first-order valence-corrected chi connectivity index (χ1v) is 4.88. The molecule has 17 heavy (non-hydrogen) atoms. The molecule has 0 aromatic carbocycles. The average Bonchev–Trinajstić information content (AvgIpc) is 2.34. The average molecular weight is 238 g/mol. The van der Waals surface area contributed by atoms with Gasteiger partial charge in [0.2, 0.25) is 0 Å². The maximum Gasteiger partial charge on any atom is 0.312 e. The smallest absolute Gasteiger partial charge is 0.312 e. The third kappa shape index (κ3) is 4.34. The van der Waals surface area contributed by atoms with Crippen LogP contribution in [-0.2, 0) is 0 Å². The van der Waals surface area contributed by atoms with E-state index < -0.39 is 6.03 Å². The highest BCUT2D eigenvalue weighted by Gasteiger charge is 2.06. The predicted molar refractivity (Wildman–Crippen MR) is 62.0 cm³/mol. The summed E-state index contributed by atoms with van der Waals surface area (Å²) in [5, 5.41) is 4.91. The number of carbonyl (C=O) groups is 2. The molecule has 1 heterocycles. The molecule has 0 fully saturated rings. The first-order chi connectivity index (χ1) is 8.13. The van der Waals surface area contributed by atoms with Crippen molar-refractivity contribution in [2.24, 2.45) is 11.6 Å². The molecule has 0 bridgehead atoms. The highest BCUT2D eigenvalue weighted by molar-refractivity contribution is 5.92. The maximum atomic E-state index is 11.6. The monoisotopic (exact) mass is 238 g/mol. The second-order valence-corrected chi connectivity index (χ2v) is 3.10. The van der Waals surface area contributed by atoms with Crippen LogP contribution in [0, 0.1) is 0 Å². The van der Waals surface area contributed by atoms with Crippen LogP contribution < -0.4 is 27.6 Å². The lowest BCUT2D eigenvalue weighted by Gasteiger charge is -2.06. The second kappa shape index (κ2) is 6.28. The van der Waals surface area contributed by atoms with Crippen LogP contribution in [0.2, 0.25) is 0 Å². The summed E-state index contributed by atoms with van der Waals surface area (Å²) in [5.41, 5.74) is 7.44. The number of hydrogen-bond acceptors (Lipinski definition) is 5. The van der Waals surface area contributed by atoms with Gasteiger partial charge in [-0.25, -0.2) is 15.6 Å². The van der Waals surface area contributed by atoms with Crippen molar-refractivity contribution in [1.82, 2.24) is 15.6 Å². The molecule has 0 aliphatic heterocycles. The molecule has 7 N–H and O–H groups in total. The minimum absolute atomic E-state index is 0.236. The number of hydrogen-bond donors (Lipinski definition) is 5. The van der Waals surface area contributed by atoms with Gasteiger partial charge < -0.3 is 21.8 Å². The molecule has 0 aliphatic carbocycles. The highest BCUT2D eigenvalue weighted by Crippen LogP contribution is 2.02. The number of rotatable bonds is 5. The van der Waals surface area contributed by atoms with E-state index in [-0.39, 0.29) is 24.7 Å². The molecule has 1 aromatic heterocycles. The standard InChI is InChI=1S/C9H14N6O2/c10-9(17)13-5-4-12-8(16)6-2-1-3-7(14-6)15-11/h1-3H,4-5,11H2,(H,12,16)(H,14,15)(H3,10,13,17). The molecular formula is C9H14N6O2. The van der Waals surface area contributed by atoms with Crippen LogP contribution in [0.25, 0.3) is 0 Å². The van der Waals surface area contributed by atoms with E-state index in [4.69, 9.17) is 11.6 Å². The molecule has 0 aliphatic rings. The molecule has 3 amide bonds. The van der Waals surface area contributed by atoms with Gasteiger partial charge in [0.25, 0.3) is 5.91 Å². The Kier molecular flexibility index (Phi) is 4.70. The summed E-state index contributed by atoms with van der Waals surface area (Å²) in [6, 6.07) is 4.20. The van der Waals surface area contributed by atoms with E-state index >= 15 is 0 Å². The lowest BCUT2D eigenvalue weighted by molar-refractivity contribution is 0.0949. The summed E-state index contributed by atoms with van der Waals surface area (Å²) in [5.74, 6) is 5.21. The van der Waals surface area contributed by atoms with Gasteiger partial charge in [0.1, 0.15) is 11.5 Å². The zero-order chi connectivity index (χ0) is 12.7. The molecule has 8 heteroatoms. The number of nitrogens with zero attached hydrogens (tertiary/aromatic N) is 1. The van der Waals surface area contributed by atoms with Crippen molar-refractivity contribution in [2.45, 2.75) is 0 Å². The van der Waals surface area contributed by atoms with Crippen LogP contribution in [0.1, 0.15) is 10.5 Å². The molecule has 0 saturated carbocycles. The van der Waals surface area contributed by atoms with Crippen molar-refractivity contribution in [2.75, 3.05) is 18.5 Å². The Bertz CT molecular complexity index is 408. The van der Waals surface area contributed by atoms with Crippen molar-refractivity contribution in [1.29, 1.82) is 0 Å². The number of nitrogen functional groups attached to an aromatic ring is 1. The van der Waals surface area contributed by atoms with Crippen LogP contribution in [-0.4, -0.2) is 30.0 Å². The number of urea groups is 1. The number of anilines is 1. The summed E-state index contributed by atoms with van der Waals surface area (Å²) in [6.45, 7) is 0.527. The Morgan fingerprint density at radius 2 is 1.94 bits per heavy atom. The molecule has 0 atom stereocenters. The summed E-state index contributed by atoms with van der Waals surface area (Å²) in [7, 11) is 0. The molecule has 0 spiro atoms. The first-order valence-electron chi connectivity index (χ1n) is 4.88. The van der Waals surface area contributed by atoms with E-state index in [1.54, 1.807) is 18.2 Å². The van der Waals surface area contributed by atoms with Gasteiger partial charge in [-0.3, -0.25) is 4.79 Å². The molecule has 0 saturated heterocycles. The summed E-state index contributed by atoms with van der Waals surface area (Å²) in [6.07, 6.45) is 0. The fourth-order valence-electron chi connectivity index (χ4n) is 1.09. The van der Waals surface area contributed by atoms with E-state index in [2.05, 4.69) is 21.0 Å². The van der Waals surface area contributed by atoms with Gasteiger partial charge in [-0.1, -0.05) is 6.07 Å². The third-order valence-electron chi connectivity index (χ3n) is 1.84.